The van der Waals surface area contributed by atoms with Crippen LogP contribution in [-0.2, 0) is 9.47 Å². The minimum absolute atomic E-state index is 0.217. The summed E-state index contributed by atoms with van der Waals surface area (Å²) in [4.78, 5) is 7.06. The minimum atomic E-state index is -0.217. The number of thiazole rings is 1. The van der Waals surface area contributed by atoms with E-state index in [9.17, 15) is 4.39 Å². The molecule has 3 heterocycles. The molecule has 2 saturated heterocycles. The van der Waals surface area contributed by atoms with Gasteiger partial charge in [-0.15, -0.1) is 11.3 Å². The first-order chi connectivity index (χ1) is 12.3. The van der Waals surface area contributed by atoms with E-state index in [-0.39, 0.29) is 5.82 Å². The highest BCUT2D eigenvalue weighted by Crippen LogP contribution is 2.30. The molecule has 134 valence electrons. The number of hydrogen-bond donors (Lipinski definition) is 0. The average molecular weight is 362 g/mol. The van der Waals surface area contributed by atoms with Crippen LogP contribution in [0.4, 0.5) is 9.52 Å². The van der Waals surface area contributed by atoms with Crippen LogP contribution in [-0.4, -0.2) is 44.0 Å². The number of piperidine rings is 1. The lowest BCUT2D eigenvalue weighted by Gasteiger charge is -2.32. The molecule has 1 unspecified atom stereocenters. The van der Waals surface area contributed by atoms with Crippen molar-refractivity contribution in [2.45, 2.75) is 25.4 Å². The van der Waals surface area contributed by atoms with Gasteiger partial charge in [0.15, 0.2) is 5.13 Å². The van der Waals surface area contributed by atoms with Crippen LogP contribution in [0, 0.1) is 11.7 Å². The van der Waals surface area contributed by atoms with Crippen LogP contribution in [0.15, 0.2) is 29.6 Å². The highest BCUT2D eigenvalue weighted by molar-refractivity contribution is 7.14. The zero-order chi connectivity index (χ0) is 17.1. The Morgan fingerprint density at radius 3 is 2.72 bits per heavy atom. The van der Waals surface area contributed by atoms with Gasteiger partial charge in [-0.1, -0.05) is 0 Å². The highest BCUT2D eigenvalue weighted by atomic mass is 32.1. The lowest BCUT2D eigenvalue weighted by Crippen LogP contribution is -2.37. The van der Waals surface area contributed by atoms with Crippen molar-refractivity contribution in [3.63, 3.8) is 0 Å². The van der Waals surface area contributed by atoms with Gasteiger partial charge in [-0.2, -0.15) is 0 Å². The van der Waals surface area contributed by atoms with Crippen LogP contribution in [0.5, 0.6) is 0 Å². The van der Waals surface area contributed by atoms with Gasteiger partial charge in [0.05, 0.1) is 25.0 Å². The normalized spacial score (nSPS) is 21.8. The number of hydrogen-bond acceptors (Lipinski definition) is 5. The van der Waals surface area contributed by atoms with E-state index in [0.29, 0.717) is 12.0 Å². The number of halogens is 1. The van der Waals surface area contributed by atoms with E-state index in [4.69, 9.17) is 14.5 Å². The summed E-state index contributed by atoms with van der Waals surface area (Å²) < 4.78 is 24.5. The van der Waals surface area contributed by atoms with Crippen LogP contribution in [0.1, 0.15) is 19.3 Å². The predicted octanol–water partition coefficient (Wildman–Crippen LogP) is 3.97. The maximum Gasteiger partial charge on any atom is 0.185 e. The van der Waals surface area contributed by atoms with Crippen molar-refractivity contribution in [1.29, 1.82) is 0 Å². The van der Waals surface area contributed by atoms with Crippen LogP contribution < -0.4 is 4.90 Å². The molecule has 2 fully saturated rings. The van der Waals surface area contributed by atoms with Gasteiger partial charge in [0.2, 0.25) is 0 Å². The summed E-state index contributed by atoms with van der Waals surface area (Å²) in [5.74, 6) is 0.362. The first-order valence-corrected chi connectivity index (χ1v) is 9.81. The molecule has 2 aromatic rings. The number of ether oxygens (including phenoxy) is 2. The molecule has 0 amide bonds. The SMILES string of the molecule is Fc1ccc(-c2csc(N3CCC(OCC4CCOC4)CC3)n2)cc1. The zero-order valence-corrected chi connectivity index (χ0v) is 15.0. The van der Waals surface area contributed by atoms with Crippen molar-refractivity contribution >= 4 is 16.5 Å². The molecule has 0 saturated carbocycles. The van der Waals surface area contributed by atoms with E-state index in [2.05, 4.69) is 4.90 Å². The largest absolute Gasteiger partial charge is 0.381 e. The molecule has 0 bridgehead atoms. The molecule has 0 radical (unpaired) electrons. The van der Waals surface area contributed by atoms with Crippen molar-refractivity contribution in [3.05, 3.63) is 35.5 Å². The van der Waals surface area contributed by atoms with Crippen molar-refractivity contribution in [1.82, 2.24) is 4.98 Å². The second-order valence-electron chi connectivity index (χ2n) is 6.77. The van der Waals surface area contributed by atoms with Crippen LogP contribution in [0.2, 0.25) is 0 Å². The topological polar surface area (TPSA) is 34.6 Å². The van der Waals surface area contributed by atoms with Gasteiger partial charge in [-0.3, -0.25) is 0 Å². The van der Waals surface area contributed by atoms with E-state index in [1.165, 1.54) is 12.1 Å². The molecule has 1 aromatic carbocycles. The summed E-state index contributed by atoms with van der Waals surface area (Å²) in [6.07, 6.45) is 3.57. The minimum Gasteiger partial charge on any atom is -0.381 e. The fourth-order valence-corrected chi connectivity index (χ4v) is 4.25. The summed E-state index contributed by atoms with van der Waals surface area (Å²) in [5, 5.41) is 3.09. The smallest absolute Gasteiger partial charge is 0.185 e. The van der Waals surface area contributed by atoms with E-state index in [1.807, 2.05) is 5.38 Å². The molecule has 1 aromatic heterocycles. The van der Waals surface area contributed by atoms with Gasteiger partial charge in [0, 0.05) is 36.6 Å². The Morgan fingerprint density at radius 2 is 2.00 bits per heavy atom. The van der Waals surface area contributed by atoms with Crippen molar-refractivity contribution < 1.29 is 13.9 Å². The fraction of sp³-hybridized carbons (Fsp3) is 0.526. The molecular formula is C19H23FN2O2S. The third kappa shape index (κ3) is 4.19. The molecule has 25 heavy (non-hydrogen) atoms. The number of benzene rings is 1. The highest BCUT2D eigenvalue weighted by Gasteiger charge is 2.24. The Balaban J connectivity index is 1.29. The molecule has 1 atom stereocenters. The molecule has 0 N–H and O–H groups in total. The second kappa shape index (κ2) is 7.81. The molecule has 2 aliphatic rings. The van der Waals surface area contributed by atoms with Crippen LogP contribution in [0.3, 0.4) is 0 Å². The van der Waals surface area contributed by atoms with E-state index in [0.717, 1.165) is 68.6 Å². The Labute approximate surface area is 151 Å². The molecule has 0 spiro atoms. The second-order valence-corrected chi connectivity index (χ2v) is 7.61. The number of nitrogens with zero attached hydrogens (tertiary/aromatic N) is 2. The summed E-state index contributed by atoms with van der Waals surface area (Å²) in [7, 11) is 0. The standard InChI is InChI=1S/C19H23FN2O2S/c20-16-3-1-15(2-4-16)18-13-25-19(21-18)22-8-5-17(6-9-22)24-12-14-7-10-23-11-14/h1-4,13-14,17H,5-12H2. The van der Waals surface area contributed by atoms with Crippen molar-refractivity contribution in [2.24, 2.45) is 5.92 Å². The Kier molecular flexibility index (Phi) is 5.29. The monoisotopic (exact) mass is 362 g/mol. The molecule has 2 aliphatic heterocycles. The summed E-state index contributed by atoms with van der Waals surface area (Å²) in [6.45, 7) is 4.51. The van der Waals surface area contributed by atoms with Crippen molar-refractivity contribution in [3.8, 4) is 11.3 Å². The van der Waals surface area contributed by atoms with Crippen LogP contribution >= 0.6 is 11.3 Å². The fourth-order valence-electron chi connectivity index (χ4n) is 3.36. The molecule has 0 aliphatic carbocycles. The number of rotatable bonds is 5. The van der Waals surface area contributed by atoms with E-state index in [1.54, 1.807) is 23.5 Å². The third-order valence-electron chi connectivity index (χ3n) is 4.94. The molecule has 4 rings (SSSR count). The lowest BCUT2D eigenvalue weighted by atomic mass is 10.1. The van der Waals surface area contributed by atoms with E-state index < -0.39 is 0 Å². The number of aromatic nitrogens is 1. The first kappa shape index (κ1) is 16.9. The van der Waals surface area contributed by atoms with Gasteiger partial charge in [-0.05, 0) is 43.5 Å². The summed E-state index contributed by atoms with van der Waals surface area (Å²) >= 11 is 1.65. The Morgan fingerprint density at radius 1 is 1.20 bits per heavy atom. The zero-order valence-electron chi connectivity index (χ0n) is 14.2. The van der Waals surface area contributed by atoms with Crippen molar-refractivity contribution in [2.75, 3.05) is 37.8 Å². The third-order valence-corrected chi connectivity index (χ3v) is 5.84. The number of anilines is 1. The molecule has 6 heteroatoms. The van der Waals surface area contributed by atoms with Gasteiger partial charge < -0.3 is 14.4 Å². The van der Waals surface area contributed by atoms with E-state index >= 15 is 0 Å². The molecular weight excluding hydrogens is 339 g/mol. The Bertz CT molecular complexity index is 677. The van der Waals surface area contributed by atoms with Gasteiger partial charge in [0.1, 0.15) is 5.82 Å². The van der Waals surface area contributed by atoms with Gasteiger partial charge in [0.25, 0.3) is 0 Å². The maximum atomic E-state index is 13.1. The Hall–Kier alpha value is -1.50. The molecule has 4 nitrogen and oxygen atoms in total. The lowest BCUT2D eigenvalue weighted by molar-refractivity contribution is 0.0132. The quantitative estimate of drug-likeness (QED) is 0.806. The van der Waals surface area contributed by atoms with Gasteiger partial charge >= 0.3 is 0 Å². The summed E-state index contributed by atoms with van der Waals surface area (Å²) in [5.41, 5.74) is 1.88. The average Bonchev–Trinajstić information content (AvgIpc) is 3.33. The summed E-state index contributed by atoms with van der Waals surface area (Å²) in [6, 6.07) is 6.51. The first-order valence-electron chi connectivity index (χ1n) is 8.94. The maximum absolute atomic E-state index is 13.1. The van der Waals surface area contributed by atoms with Gasteiger partial charge in [-0.25, -0.2) is 9.37 Å². The van der Waals surface area contributed by atoms with Crippen LogP contribution in [0.25, 0.3) is 11.3 Å². The predicted molar refractivity (Wildman–Crippen MR) is 97.6 cm³/mol.